The van der Waals surface area contributed by atoms with Crippen LogP contribution in [0, 0.1) is 0 Å². The molecule has 2 N–H and O–H groups in total. The fourth-order valence-electron chi connectivity index (χ4n) is 2.12. The third-order valence-electron chi connectivity index (χ3n) is 3.33. The predicted octanol–water partition coefficient (Wildman–Crippen LogP) is 1.05. The Morgan fingerprint density at radius 3 is 2.73 bits per heavy atom. The molecule has 0 aromatic carbocycles. The summed E-state index contributed by atoms with van der Waals surface area (Å²) in [5.74, 6) is -0.223. The molecule has 0 aliphatic carbocycles. The van der Waals surface area contributed by atoms with Crippen LogP contribution < -0.4 is 10.6 Å². The summed E-state index contributed by atoms with van der Waals surface area (Å²) in [7, 11) is 0. The zero-order chi connectivity index (χ0) is 15.6. The van der Waals surface area contributed by atoms with E-state index in [0.717, 1.165) is 18.4 Å². The van der Waals surface area contributed by atoms with Crippen LogP contribution in [0.4, 0.5) is 0 Å². The standard InChI is InChI=1S/C16H21N3O3/c20-15(11-13-4-9-22-10-5-13)18-7-2-8-19-16(21)14-3-1-6-17-12-14/h1,3,6,11-12H,2,4-5,7-10H2,(H,18,20)(H,19,21). The first kappa shape index (κ1) is 16.2. The van der Waals surface area contributed by atoms with Gasteiger partial charge in [-0.15, -0.1) is 0 Å². The molecular formula is C16H21N3O3. The van der Waals surface area contributed by atoms with Gasteiger partial charge in [0, 0.05) is 31.6 Å². The highest BCUT2D eigenvalue weighted by atomic mass is 16.5. The number of ether oxygens (including phenoxy) is 1. The molecule has 0 radical (unpaired) electrons. The van der Waals surface area contributed by atoms with Crippen molar-refractivity contribution in [3.8, 4) is 0 Å². The maximum absolute atomic E-state index is 11.7. The van der Waals surface area contributed by atoms with E-state index in [2.05, 4.69) is 15.6 Å². The van der Waals surface area contributed by atoms with Crippen molar-refractivity contribution in [2.75, 3.05) is 26.3 Å². The molecule has 0 saturated carbocycles. The van der Waals surface area contributed by atoms with Gasteiger partial charge >= 0.3 is 0 Å². The van der Waals surface area contributed by atoms with Crippen LogP contribution in [0.15, 0.2) is 36.2 Å². The van der Waals surface area contributed by atoms with Gasteiger partial charge in [-0.3, -0.25) is 14.6 Å². The zero-order valence-corrected chi connectivity index (χ0v) is 12.5. The topological polar surface area (TPSA) is 80.3 Å². The highest BCUT2D eigenvalue weighted by Gasteiger charge is 2.07. The maximum atomic E-state index is 11.7. The molecule has 1 aromatic rings. The summed E-state index contributed by atoms with van der Waals surface area (Å²) in [4.78, 5) is 27.3. The van der Waals surface area contributed by atoms with Crippen LogP contribution in [0.5, 0.6) is 0 Å². The van der Waals surface area contributed by atoms with E-state index in [1.54, 1.807) is 24.4 Å². The number of aromatic nitrogens is 1. The summed E-state index contributed by atoms with van der Waals surface area (Å²) in [5, 5.41) is 5.62. The fourth-order valence-corrected chi connectivity index (χ4v) is 2.12. The van der Waals surface area contributed by atoms with E-state index in [4.69, 9.17) is 4.74 Å². The number of nitrogens with zero attached hydrogens (tertiary/aromatic N) is 1. The number of hydrogen-bond donors (Lipinski definition) is 2. The number of pyridine rings is 1. The first-order valence-corrected chi connectivity index (χ1v) is 7.49. The smallest absolute Gasteiger partial charge is 0.252 e. The van der Waals surface area contributed by atoms with Crippen molar-refractivity contribution in [1.82, 2.24) is 15.6 Å². The Morgan fingerprint density at radius 1 is 1.23 bits per heavy atom. The third-order valence-corrected chi connectivity index (χ3v) is 3.33. The van der Waals surface area contributed by atoms with Crippen molar-refractivity contribution in [3.63, 3.8) is 0 Å². The number of rotatable bonds is 6. The maximum Gasteiger partial charge on any atom is 0.252 e. The van der Waals surface area contributed by atoms with Crippen LogP contribution in [-0.4, -0.2) is 43.1 Å². The van der Waals surface area contributed by atoms with E-state index in [0.29, 0.717) is 38.3 Å². The van der Waals surface area contributed by atoms with Crippen LogP contribution in [0.2, 0.25) is 0 Å². The Bertz CT molecular complexity index is 521. The molecule has 6 heteroatoms. The number of hydrogen-bond acceptors (Lipinski definition) is 4. The van der Waals surface area contributed by atoms with Gasteiger partial charge in [-0.05, 0) is 31.4 Å². The molecule has 2 rings (SSSR count). The van der Waals surface area contributed by atoms with Gasteiger partial charge in [0.1, 0.15) is 0 Å². The van der Waals surface area contributed by atoms with E-state index >= 15 is 0 Å². The summed E-state index contributed by atoms with van der Waals surface area (Å²) in [6, 6.07) is 3.43. The minimum Gasteiger partial charge on any atom is -0.381 e. The molecular weight excluding hydrogens is 282 g/mol. The molecule has 1 saturated heterocycles. The lowest BCUT2D eigenvalue weighted by atomic mass is 10.1. The van der Waals surface area contributed by atoms with Crippen LogP contribution in [0.3, 0.4) is 0 Å². The van der Waals surface area contributed by atoms with Gasteiger partial charge in [0.25, 0.3) is 5.91 Å². The Kier molecular flexibility index (Phi) is 6.57. The van der Waals surface area contributed by atoms with E-state index in [1.165, 1.54) is 6.20 Å². The number of carbonyl (C=O) groups is 2. The second-order valence-corrected chi connectivity index (χ2v) is 5.06. The average Bonchev–Trinajstić information content (AvgIpc) is 2.56. The minimum absolute atomic E-state index is 0.0736. The molecule has 1 aliphatic heterocycles. The van der Waals surface area contributed by atoms with Crippen LogP contribution >= 0.6 is 0 Å². The largest absolute Gasteiger partial charge is 0.381 e. The average molecular weight is 303 g/mol. The Labute approximate surface area is 130 Å². The molecule has 1 fully saturated rings. The van der Waals surface area contributed by atoms with Gasteiger partial charge in [0.05, 0.1) is 18.8 Å². The SMILES string of the molecule is O=C(C=C1CCOCC1)NCCCNC(=O)c1cccnc1. The van der Waals surface area contributed by atoms with Crippen LogP contribution in [-0.2, 0) is 9.53 Å². The molecule has 0 atom stereocenters. The van der Waals surface area contributed by atoms with Crippen LogP contribution in [0.1, 0.15) is 29.6 Å². The molecule has 2 heterocycles. The number of nitrogens with one attached hydrogen (secondary N) is 2. The quantitative estimate of drug-likeness (QED) is 0.608. The highest BCUT2D eigenvalue weighted by molar-refractivity contribution is 5.93. The molecule has 0 unspecified atom stereocenters. The second-order valence-electron chi connectivity index (χ2n) is 5.06. The van der Waals surface area contributed by atoms with Gasteiger partial charge in [0.2, 0.25) is 5.91 Å². The van der Waals surface area contributed by atoms with E-state index < -0.39 is 0 Å². The first-order chi connectivity index (χ1) is 10.8. The monoisotopic (exact) mass is 303 g/mol. The minimum atomic E-state index is -0.149. The fraction of sp³-hybridized carbons (Fsp3) is 0.438. The lowest BCUT2D eigenvalue weighted by Gasteiger charge is -2.14. The van der Waals surface area contributed by atoms with E-state index in [1.807, 2.05) is 0 Å². The van der Waals surface area contributed by atoms with Gasteiger partial charge in [-0.2, -0.15) is 0 Å². The van der Waals surface area contributed by atoms with Crippen molar-refractivity contribution in [2.45, 2.75) is 19.3 Å². The van der Waals surface area contributed by atoms with Crippen molar-refractivity contribution < 1.29 is 14.3 Å². The Balaban J connectivity index is 1.59. The molecule has 1 aliphatic rings. The summed E-state index contributed by atoms with van der Waals surface area (Å²) in [6.07, 6.45) is 7.15. The number of amides is 2. The van der Waals surface area contributed by atoms with Crippen molar-refractivity contribution in [1.29, 1.82) is 0 Å². The summed E-state index contributed by atoms with van der Waals surface area (Å²) in [5.41, 5.74) is 1.67. The second kappa shape index (κ2) is 8.94. The molecule has 0 spiro atoms. The molecule has 2 amide bonds. The van der Waals surface area contributed by atoms with Gasteiger partial charge in [-0.1, -0.05) is 5.57 Å². The summed E-state index contributed by atoms with van der Waals surface area (Å²) < 4.78 is 5.24. The molecule has 0 bridgehead atoms. The Hall–Kier alpha value is -2.21. The Morgan fingerprint density at radius 2 is 2.00 bits per heavy atom. The van der Waals surface area contributed by atoms with E-state index in [-0.39, 0.29) is 11.8 Å². The highest BCUT2D eigenvalue weighted by Crippen LogP contribution is 2.12. The van der Waals surface area contributed by atoms with Gasteiger partial charge in [-0.25, -0.2) is 0 Å². The summed E-state index contributed by atoms with van der Waals surface area (Å²) in [6.45, 7) is 2.43. The van der Waals surface area contributed by atoms with Gasteiger partial charge < -0.3 is 15.4 Å². The van der Waals surface area contributed by atoms with Crippen molar-refractivity contribution >= 4 is 11.8 Å². The zero-order valence-electron chi connectivity index (χ0n) is 12.5. The first-order valence-electron chi connectivity index (χ1n) is 7.49. The third kappa shape index (κ3) is 5.65. The molecule has 22 heavy (non-hydrogen) atoms. The van der Waals surface area contributed by atoms with E-state index in [9.17, 15) is 9.59 Å². The molecule has 1 aromatic heterocycles. The van der Waals surface area contributed by atoms with Crippen LogP contribution in [0.25, 0.3) is 0 Å². The summed E-state index contributed by atoms with van der Waals surface area (Å²) >= 11 is 0. The lowest BCUT2D eigenvalue weighted by Crippen LogP contribution is -2.29. The molecule has 6 nitrogen and oxygen atoms in total. The predicted molar refractivity (Wildman–Crippen MR) is 82.3 cm³/mol. The number of carbonyl (C=O) groups excluding carboxylic acids is 2. The van der Waals surface area contributed by atoms with Crippen molar-refractivity contribution in [2.24, 2.45) is 0 Å². The normalized spacial score (nSPS) is 14.3. The lowest BCUT2D eigenvalue weighted by molar-refractivity contribution is -0.116. The molecule has 118 valence electrons. The van der Waals surface area contributed by atoms with Crippen molar-refractivity contribution in [3.05, 3.63) is 41.7 Å². The van der Waals surface area contributed by atoms with Gasteiger partial charge in [0.15, 0.2) is 0 Å².